The smallest absolute Gasteiger partial charge is 0.421 e. The highest BCUT2D eigenvalue weighted by Gasteiger charge is 2.04. The first kappa shape index (κ1) is 14.2. The van der Waals surface area contributed by atoms with Crippen molar-refractivity contribution in [2.24, 2.45) is 5.73 Å². The first-order valence-electron chi connectivity index (χ1n) is 5.67. The standard InChI is InChI=1S/C13H19N3O2/c1-16(15-13(17)18-2)10-12-7-5-11(6-8-12)4-3-9-14/h3-8H,9-10,14H2,1-2H3,(H,15,17)/b4-3+. The van der Waals surface area contributed by atoms with Gasteiger partial charge < -0.3 is 10.5 Å². The summed E-state index contributed by atoms with van der Waals surface area (Å²) >= 11 is 0. The maximum absolute atomic E-state index is 11.0. The predicted molar refractivity (Wildman–Crippen MR) is 71.5 cm³/mol. The number of nitrogens with one attached hydrogen (secondary N) is 1. The summed E-state index contributed by atoms with van der Waals surface area (Å²) in [7, 11) is 3.11. The van der Waals surface area contributed by atoms with Crippen molar-refractivity contribution in [2.75, 3.05) is 20.7 Å². The number of benzene rings is 1. The van der Waals surface area contributed by atoms with Crippen LogP contribution in [-0.2, 0) is 11.3 Å². The Labute approximate surface area is 107 Å². The molecular weight excluding hydrogens is 230 g/mol. The minimum absolute atomic E-state index is 0.472. The topological polar surface area (TPSA) is 67.6 Å². The molecule has 18 heavy (non-hydrogen) atoms. The third-order valence-corrected chi connectivity index (χ3v) is 2.31. The number of carbonyl (C=O) groups excluding carboxylic acids is 1. The number of amides is 1. The van der Waals surface area contributed by atoms with E-state index in [0.29, 0.717) is 13.1 Å². The number of nitrogens with zero attached hydrogens (tertiary/aromatic N) is 1. The van der Waals surface area contributed by atoms with Crippen LogP contribution in [0.4, 0.5) is 4.79 Å². The molecule has 0 atom stereocenters. The molecule has 5 heteroatoms. The molecule has 5 nitrogen and oxygen atoms in total. The first-order chi connectivity index (χ1) is 8.65. The number of rotatable bonds is 5. The van der Waals surface area contributed by atoms with Gasteiger partial charge in [0.05, 0.1) is 7.11 Å². The van der Waals surface area contributed by atoms with Crippen LogP contribution in [0.25, 0.3) is 6.08 Å². The summed E-state index contributed by atoms with van der Waals surface area (Å²) in [5, 5.41) is 1.66. The van der Waals surface area contributed by atoms with Crippen LogP contribution in [0, 0.1) is 0 Å². The van der Waals surface area contributed by atoms with Gasteiger partial charge in [0.1, 0.15) is 0 Å². The van der Waals surface area contributed by atoms with Crippen molar-refractivity contribution in [3.63, 3.8) is 0 Å². The van der Waals surface area contributed by atoms with E-state index in [1.165, 1.54) is 7.11 Å². The van der Waals surface area contributed by atoms with Crippen molar-refractivity contribution in [3.8, 4) is 0 Å². The molecule has 1 aromatic rings. The molecule has 0 saturated heterocycles. The van der Waals surface area contributed by atoms with Gasteiger partial charge in [0.25, 0.3) is 0 Å². The summed E-state index contributed by atoms with van der Waals surface area (Å²) in [5.41, 5.74) is 10.2. The number of methoxy groups -OCH3 is 1. The van der Waals surface area contributed by atoms with E-state index in [-0.39, 0.29) is 0 Å². The summed E-state index contributed by atoms with van der Waals surface area (Å²) in [6.45, 7) is 1.14. The third-order valence-electron chi connectivity index (χ3n) is 2.31. The van der Waals surface area contributed by atoms with Gasteiger partial charge in [0.2, 0.25) is 0 Å². The average Bonchev–Trinajstić information content (AvgIpc) is 2.37. The Hall–Kier alpha value is -1.85. The molecule has 1 rings (SSSR count). The van der Waals surface area contributed by atoms with Crippen molar-refractivity contribution in [3.05, 3.63) is 41.5 Å². The molecule has 0 aromatic heterocycles. The first-order valence-corrected chi connectivity index (χ1v) is 5.67. The van der Waals surface area contributed by atoms with E-state index < -0.39 is 6.09 Å². The lowest BCUT2D eigenvalue weighted by Gasteiger charge is -2.16. The summed E-state index contributed by atoms with van der Waals surface area (Å²) in [6.07, 6.45) is 3.40. The lowest BCUT2D eigenvalue weighted by atomic mass is 10.1. The number of hydrogen-bond acceptors (Lipinski definition) is 4. The van der Waals surface area contributed by atoms with E-state index in [1.807, 2.05) is 36.4 Å². The van der Waals surface area contributed by atoms with Crippen molar-refractivity contribution in [2.45, 2.75) is 6.54 Å². The van der Waals surface area contributed by atoms with Gasteiger partial charge in [-0.25, -0.2) is 9.80 Å². The molecule has 0 heterocycles. The molecule has 0 radical (unpaired) electrons. The van der Waals surface area contributed by atoms with E-state index in [4.69, 9.17) is 5.73 Å². The van der Waals surface area contributed by atoms with Crippen molar-refractivity contribution in [1.82, 2.24) is 10.4 Å². The van der Waals surface area contributed by atoms with Crippen LogP contribution >= 0.6 is 0 Å². The molecule has 3 N–H and O–H groups in total. The zero-order valence-corrected chi connectivity index (χ0v) is 10.7. The fourth-order valence-corrected chi connectivity index (χ4v) is 1.45. The lowest BCUT2D eigenvalue weighted by Crippen LogP contribution is -2.38. The van der Waals surface area contributed by atoms with Gasteiger partial charge in [0, 0.05) is 20.1 Å². The molecule has 0 aliphatic rings. The van der Waals surface area contributed by atoms with E-state index >= 15 is 0 Å². The summed E-state index contributed by atoms with van der Waals surface area (Å²) in [6, 6.07) is 8.03. The Balaban J connectivity index is 2.52. The van der Waals surface area contributed by atoms with Gasteiger partial charge in [-0.1, -0.05) is 36.4 Å². The fraction of sp³-hybridized carbons (Fsp3) is 0.308. The van der Waals surface area contributed by atoms with Gasteiger partial charge in [-0.2, -0.15) is 0 Å². The zero-order chi connectivity index (χ0) is 13.4. The molecule has 1 aromatic carbocycles. The molecule has 0 aliphatic carbocycles. The minimum atomic E-state index is -0.472. The molecular formula is C13H19N3O2. The monoisotopic (exact) mass is 249 g/mol. The third kappa shape index (κ3) is 4.99. The van der Waals surface area contributed by atoms with E-state index in [9.17, 15) is 4.79 Å². The van der Waals surface area contributed by atoms with Crippen molar-refractivity contribution in [1.29, 1.82) is 0 Å². The predicted octanol–water partition coefficient (Wildman–Crippen LogP) is 1.36. The van der Waals surface area contributed by atoms with Gasteiger partial charge in [-0.3, -0.25) is 5.43 Å². The highest BCUT2D eigenvalue weighted by atomic mass is 16.5. The van der Waals surface area contributed by atoms with Crippen LogP contribution in [-0.4, -0.2) is 31.8 Å². The maximum atomic E-state index is 11.0. The number of carbonyl (C=O) groups is 1. The maximum Gasteiger partial charge on any atom is 0.421 e. The summed E-state index contributed by atoms with van der Waals surface area (Å²) in [4.78, 5) is 11.0. The van der Waals surface area contributed by atoms with Crippen LogP contribution in [0.2, 0.25) is 0 Å². The SMILES string of the molecule is COC(=O)NN(C)Cc1ccc(/C=C/CN)cc1. The van der Waals surface area contributed by atoms with E-state index in [2.05, 4.69) is 10.2 Å². The largest absolute Gasteiger partial charge is 0.452 e. The van der Waals surface area contributed by atoms with Crippen LogP contribution < -0.4 is 11.2 Å². The Morgan fingerprint density at radius 3 is 2.67 bits per heavy atom. The molecule has 0 bridgehead atoms. The van der Waals surface area contributed by atoms with Gasteiger partial charge in [-0.05, 0) is 11.1 Å². The van der Waals surface area contributed by atoms with Crippen LogP contribution in [0.3, 0.4) is 0 Å². The highest BCUT2D eigenvalue weighted by molar-refractivity contribution is 5.66. The second-order valence-electron chi connectivity index (χ2n) is 3.84. The molecule has 0 aliphatic heterocycles. The Kier molecular flexibility index (Phi) is 5.90. The molecule has 0 saturated carbocycles. The van der Waals surface area contributed by atoms with E-state index in [0.717, 1.165) is 11.1 Å². The van der Waals surface area contributed by atoms with E-state index in [1.54, 1.807) is 12.1 Å². The average molecular weight is 249 g/mol. The number of hydrazine groups is 1. The van der Waals surface area contributed by atoms with Gasteiger partial charge >= 0.3 is 6.09 Å². The molecule has 0 unspecified atom stereocenters. The van der Waals surface area contributed by atoms with Crippen LogP contribution in [0.1, 0.15) is 11.1 Å². The normalized spacial score (nSPS) is 10.9. The van der Waals surface area contributed by atoms with Gasteiger partial charge in [0.15, 0.2) is 0 Å². The molecule has 1 amide bonds. The Morgan fingerprint density at radius 2 is 2.11 bits per heavy atom. The fourth-order valence-electron chi connectivity index (χ4n) is 1.45. The highest BCUT2D eigenvalue weighted by Crippen LogP contribution is 2.07. The quantitative estimate of drug-likeness (QED) is 0.773. The van der Waals surface area contributed by atoms with Gasteiger partial charge in [-0.15, -0.1) is 0 Å². The lowest BCUT2D eigenvalue weighted by molar-refractivity contribution is 0.132. The number of hydrogen-bond donors (Lipinski definition) is 2. The van der Waals surface area contributed by atoms with Crippen molar-refractivity contribution < 1.29 is 9.53 Å². The molecule has 0 spiro atoms. The summed E-state index contributed by atoms with van der Waals surface area (Å²) in [5.74, 6) is 0. The molecule has 98 valence electrons. The Morgan fingerprint density at radius 1 is 1.44 bits per heavy atom. The van der Waals surface area contributed by atoms with Crippen LogP contribution in [0.15, 0.2) is 30.3 Å². The zero-order valence-electron chi connectivity index (χ0n) is 10.7. The summed E-state index contributed by atoms with van der Waals surface area (Å²) < 4.78 is 4.51. The van der Waals surface area contributed by atoms with Crippen LogP contribution in [0.5, 0.6) is 0 Å². The number of nitrogens with two attached hydrogens (primary N) is 1. The Bertz CT molecular complexity index is 401. The number of ether oxygens (including phenoxy) is 1. The minimum Gasteiger partial charge on any atom is -0.452 e. The second kappa shape index (κ2) is 7.47. The van der Waals surface area contributed by atoms with Crippen molar-refractivity contribution >= 4 is 12.2 Å². The second-order valence-corrected chi connectivity index (χ2v) is 3.84. The molecule has 0 fully saturated rings.